The number of carbonyl (C=O) groups excluding carboxylic acids is 3. The molecule has 0 bridgehead atoms. The molecule has 0 aliphatic heterocycles. The van der Waals surface area contributed by atoms with E-state index in [0.29, 0.717) is 17.1 Å². The van der Waals surface area contributed by atoms with Crippen molar-refractivity contribution in [2.45, 2.75) is 52.0 Å². The number of ether oxygens (including phenoxy) is 1. The van der Waals surface area contributed by atoms with Gasteiger partial charge in [-0.1, -0.05) is 18.9 Å². The Bertz CT molecular complexity index is 739. The lowest BCUT2D eigenvalue weighted by atomic mass is 10.2. The molecule has 1 fully saturated rings. The number of nitrogens with zero attached hydrogens (tertiary/aromatic N) is 1. The highest BCUT2D eigenvalue weighted by Crippen LogP contribution is 2.25. The first-order chi connectivity index (χ1) is 12.9. The third kappa shape index (κ3) is 6.40. The van der Waals surface area contributed by atoms with Crippen LogP contribution in [0.3, 0.4) is 0 Å². The number of hydrogen-bond donors (Lipinski definition) is 3. The van der Waals surface area contributed by atoms with Gasteiger partial charge >= 0.3 is 11.8 Å². The third-order valence-electron chi connectivity index (χ3n) is 4.29. The van der Waals surface area contributed by atoms with E-state index in [2.05, 4.69) is 21.2 Å². The first-order valence-corrected chi connectivity index (χ1v) is 8.97. The lowest BCUT2D eigenvalue weighted by molar-refractivity contribution is -0.136. The number of methoxy groups -OCH3 is 1. The van der Waals surface area contributed by atoms with Crippen molar-refractivity contribution >= 4 is 29.1 Å². The Morgan fingerprint density at radius 1 is 1.19 bits per heavy atom. The Kier molecular flexibility index (Phi) is 7.34. The fourth-order valence-electron chi connectivity index (χ4n) is 2.92. The second kappa shape index (κ2) is 9.70. The summed E-state index contributed by atoms with van der Waals surface area (Å²) in [5, 5.41) is 9.26. The monoisotopic (exact) mass is 374 g/mol. The summed E-state index contributed by atoms with van der Waals surface area (Å²) in [5.41, 5.74) is 3.89. The van der Waals surface area contributed by atoms with Crippen molar-refractivity contribution in [3.05, 3.63) is 23.8 Å². The molecular formula is C19H26N4O4. The number of carbonyl (C=O) groups is 3. The van der Waals surface area contributed by atoms with Gasteiger partial charge in [-0.2, -0.15) is 5.10 Å². The molecule has 1 aliphatic rings. The largest absolute Gasteiger partial charge is 0.495 e. The molecule has 8 nitrogen and oxygen atoms in total. The average molecular weight is 374 g/mol. The second-order valence-electron chi connectivity index (χ2n) is 6.67. The lowest BCUT2D eigenvalue weighted by Gasteiger charge is -2.12. The molecule has 0 heterocycles. The number of hydrogen-bond acceptors (Lipinski definition) is 5. The molecule has 27 heavy (non-hydrogen) atoms. The molecule has 146 valence electrons. The topological polar surface area (TPSA) is 109 Å². The Balaban J connectivity index is 1.84. The minimum atomic E-state index is -0.922. The van der Waals surface area contributed by atoms with Gasteiger partial charge in [-0.15, -0.1) is 0 Å². The van der Waals surface area contributed by atoms with Crippen molar-refractivity contribution in [2.75, 3.05) is 12.4 Å². The first-order valence-electron chi connectivity index (χ1n) is 8.97. The first kappa shape index (κ1) is 20.4. The number of aryl methyl sites for hydroxylation is 1. The van der Waals surface area contributed by atoms with Gasteiger partial charge in [0.15, 0.2) is 0 Å². The summed E-state index contributed by atoms with van der Waals surface area (Å²) in [6.45, 7) is 3.48. The van der Waals surface area contributed by atoms with E-state index in [9.17, 15) is 14.4 Å². The number of rotatable bonds is 6. The van der Waals surface area contributed by atoms with Gasteiger partial charge in [-0.05, 0) is 44.4 Å². The predicted octanol–water partition coefficient (Wildman–Crippen LogP) is 1.88. The molecule has 1 aromatic rings. The highest BCUT2D eigenvalue weighted by molar-refractivity contribution is 6.39. The zero-order chi connectivity index (χ0) is 19.8. The summed E-state index contributed by atoms with van der Waals surface area (Å²) in [5.74, 6) is -1.48. The van der Waals surface area contributed by atoms with Crippen LogP contribution >= 0.6 is 0 Å². The van der Waals surface area contributed by atoms with Crippen LogP contribution < -0.4 is 20.8 Å². The molecule has 0 aromatic heterocycles. The highest BCUT2D eigenvalue weighted by Gasteiger charge is 2.18. The molecule has 3 N–H and O–H groups in total. The number of nitrogens with one attached hydrogen (secondary N) is 3. The van der Waals surface area contributed by atoms with E-state index in [1.165, 1.54) is 7.11 Å². The van der Waals surface area contributed by atoms with Gasteiger partial charge < -0.3 is 15.4 Å². The average Bonchev–Trinajstić information content (AvgIpc) is 3.12. The molecule has 3 amide bonds. The van der Waals surface area contributed by atoms with E-state index in [4.69, 9.17) is 4.74 Å². The summed E-state index contributed by atoms with van der Waals surface area (Å²) in [4.78, 5) is 35.9. The van der Waals surface area contributed by atoms with Gasteiger partial charge in [0.2, 0.25) is 5.91 Å². The Labute approximate surface area is 158 Å². The summed E-state index contributed by atoms with van der Waals surface area (Å²) >= 11 is 0. The number of benzene rings is 1. The normalized spacial score (nSPS) is 14.6. The van der Waals surface area contributed by atoms with Gasteiger partial charge in [0.25, 0.3) is 0 Å². The van der Waals surface area contributed by atoms with E-state index in [0.717, 1.165) is 31.2 Å². The molecule has 0 radical (unpaired) electrons. The van der Waals surface area contributed by atoms with Crippen molar-refractivity contribution in [2.24, 2.45) is 5.10 Å². The minimum Gasteiger partial charge on any atom is -0.495 e. The summed E-state index contributed by atoms with van der Waals surface area (Å²) in [6, 6.07) is 5.47. The van der Waals surface area contributed by atoms with Crippen LogP contribution in [0.2, 0.25) is 0 Å². The van der Waals surface area contributed by atoms with E-state index >= 15 is 0 Å². The van der Waals surface area contributed by atoms with E-state index in [-0.39, 0.29) is 18.4 Å². The van der Waals surface area contributed by atoms with Crippen LogP contribution in [0.15, 0.2) is 23.3 Å². The predicted molar refractivity (Wildman–Crippen MR) is 103 cm³/mol. The van der Waals surface area contributed by atoms with Crippen LogP contribution in [0.25, 0.3) is 0 Å². The quantitative estimate of drug-likeness (QED) is 0.401. The Morgan fingerprint density at radius 2 is 1.89 bits per heavy atom. The molecule has 1 aromatic carbocycles. The van der Waals surface area contributed by atoms with Crippen LogP contribution in [0.1, 0.15) is 44.6 Å². The van der Waals surface area contributed by atoms with Crippen molar-refractivity contribution in [3.63, 3.8) is 0 Å². The van der Waals surface area contributed by atoms with Gasteiger partial charge in [-0.3, -0.25) is 14.4 Å². The van der Waals surface area contributed by atoms with Crippen LogP contribution in [0.4, 0.5) is 5.69 Å². The number of amides is 3. The molecule has 0 atom stereocenters. The zero-order valence-corrected chi connectivity index (χ0v) is 15.9. The van der Waals surface area contributed by atoms with Crippen molar-refractivity contribution in [1.82, 2.24) is 10.7 Å². The van der Waals surface area contributed by atoms with Crippen LogP contribution in [0, 0.1) is 6.92 Å². The highest BCUT2D eigenvalue weighted by atomic mass is 16.5. The van der Waals surface area contributed by atoms with E-state index in [1.54, 1.807) is 19.1 Å². The smallest absolute Gasteiger partial charge is 0.329 e. The molecule has 8 heteroatoms. The van der Waals surface area contributed by atoms with Crippen LogP contribution in [-0.2, 0) is 14.4 Å². The molecule has 1 saturated carbocycles. The number of anilines is 1. The fraction of sp³-hybridized carbons (Fsp3) is 0.474. The van der Waals surface area contributed by atoms with Gasteiger partial charge in [0.05, 0.1) is 19.2 Å². The maximum absolute atomic E-state index is 12.0. The van der Waals surface area contributed by atoms with Gasteiger partial charge in [0, 0.05) is 11.8 Å². The maximum atomic E-state index is 12.0. The third-order valence-corrected chi connectivity index (χ3v) is 4.29. The van der Waals surface area contributed by atoms with Crippen molar-refractivity contribution in [3.8, 4) is 5.75 Å². The Morgan fingerprint density at radius 3 is 2.56 bits per heavy atom. The van der Waals surface area contributed by atoms with E-state index < -0.39 is 11.8 Å². The maximum Gasteiger partial charge on any atom is 0.329 e. The molecule has 1 aliphatic carbocycles. The zero-order valence-electron chi connectivity index (χ0n) is 15.9. The summed E-state index contributed by atoms with van der Waals surface area (Å²) in [6.07, 6.45) is 4.34. The SMILES string of the molecule is COc1ccc(C)cc1NC(=O)C(=O)N/N=C(\C)CC(=O)NC1CCCC1. The van der Waals surface area contributed by atoms with Crippen LogP contribution in [-0.4, -0.2) is 36.6 Å². The lowest BCUT2D eigenvalue weighted by Crippen LogP contribution is -2.35. The van der Waals surface area contributed by atoms with Gasteiger partial charge in [0.1, 0.15) is 5.75 Å². The second-order valence-corrected chi connectivity index (χ2v) is 6.67. The van der Waals surface area contributed by atoms with Crippen molar-refractivity contribution < 1.29 is 19.1 Å². The molecular weight excluding hydrogens is 348 g/mol. The molecule has 2 rings (SSSR count). The van der Waals surface area contributed by atoms with Crippen molar-refractivity contribution in [1.29, 1.82) is 0 Å². The fourth-order valence-corrected chi connectivity index (χ4v) is 2.92. The standard InChI is InChI=1S/C19H26N4O4/c1-12-8-9-16(27-3)15(10-12)21-18(25)19(26)23-22-13(2)11-17(24)20-14-6-4-5-7-14/h8-10,14H,4-7,11H2,1-3H3,(H,20,24)(H,21,25)(H,23,26)/b22-13+. The molecule has 0 saturated heterocycles. The minimum absolute atomic E-state index is 0.0735. The number of hydrazone groups is 1. The Hall–Kier alpha value is -2.90. The van der Waals surface area contributed by atoms with E-state index in [1.807, 2.05) is 13.0 Å². The summed E-state index contributed by atoms with van der Waals surface area (Å²) in [7, 11) is 1.48. The van der Waals surface area contributed by atoms with Gasteiger partial charge in [-0.25, -0.2) is 5.43 Å². The summed E-state index contributed by atoms with van der Waals surface area (Å²) < 4.78 is 5.16. The molecule has 0 spiro atoms. The molecule has 0 unspecified atom stereocenters. The van der Waals surface area contributed by atoms with Crippen LogP contribution in [0.5, 0.6) is 5.75 Å².